The summed E-state index contributed by atoms with van der Waals surface area (Å²) in [6.07, 6.45) is 5.75. The van der Waals surface area contributed by atoms with Gasteiger partial charge in [-0.15, -0.1) is 0 Å². The van der Waals surface area contributed by atoms with Crippen LogP contribution in [0.4, 0.5) is 10.5 Å². The first-order chi connectivity index (χ1) is 24.3. The van der Waals surface area contributed by atoms with Crippen LogP contribution >= 0.6 is 0 Å². The third kappa shape index (κ3) is 5.64. The second-order valence-electron chi connectivity index (χ2n) is 15.0. The largest absolute Gasteiger partial charge is 0.496 e. The number of aromatic nitrogens is 2. The molecule has 5 unspecified atom stereocenters. The smallest absolute Gasteiger partial charge is 0.342 e. The van der Waals surface area contributed by atoms with Gasteiger partial charge in [-0.25, -0.2) is 13.2 Å². The van der Waals surface area contributed by atoms with E-state index in [0.29, 0.717) is 42.9 Å². The molecule has 51 heavy (non-hydrogen) atoms. The Balaban J connectivity index is 1.42. The van der Waals surface area contributed by atoms with Gasteiger partial charge in [0.1, 0.15) is 11.5 Å². The minimum atomic E-state index is -3.89. The molecule has 268 valence electrons. The van der Waals surface area contributed by atoms with Crippen LogP contribution in [0, 0.1) is 18.8 Å². The number of rotatable bonds is 10. The number of aliphatic carboxylic acids is 1. The molecule has 3 N–H and O–H groups in total. The Kier molecular flexibility index (Phi) is 8.44. The standard InChI is InChI=1S/C39H44N4O7S/c1-24(2)29-18-27(42-51(47,48)28-13-10-25(3)11-14-28)12-15-30(29)38-20-26-19-37(22-38,33-31(49-4)8-6-9-32(33)50-5)23-39(21-26,34(38)35(44)45)41-36(46)43-17-7-16-40-43/h6-18,24,26,34,42H,19-23H2,1-5H3,(H,41,46)(H,44,45). The molecule has 4 aromatic rings. The number of carboxylic acid groups (broad SMARTS) is 1. The van der Waals surface area contributed by atoms with Crippen molar-refractivity contribution in [1.29, 1.82) is 0 Å². The highest BCUT2D eigenvalue weighted by Gasteiger charge is 2.72. The zero-order chi connectivity index (χ0) is 36.3. The van der Waals surface area contributed by atoms with E-state index in [9.17, 15) is 23.1 Å². The van der Waals surface area contributed by atoms with E-state index in [1.807, 2.05) is 51.1 Å². The Hall–Kier alpha value is -4.84. The number of carboxylic acids is 1. The number of nitrogens with one attached hydrogen (secondary N) is 2. The maximum atomic E-state index is 13.9. The lowest BCUT2D eigenvalue weighted by Crippen LogP contribution is -2.75. The lowest BCUT2D eigenvalue weighted by molar-refractivity contribution is -0.167. The van der Waals surface area contributed by atoms with Crippen molar-refractivity contribution in [3.05, 3.63) is 101 Å². The highest BCUT2D eigenvalue weighted by atomic mass is 32.2. The quantitative estimate of drug-likeness (QED) is 0.166. The van der Waals surface area contributed by atoms with Gasteiger partial charge in [-0.2, -0.15) is 9.78 Å². The number of sulfonamides is 1. The molecule has 4 bridgehead atoms. The second kappa shape index (κ2) is 12.4. The zero-order valence-electron chi connectivity index (χ0n) is 29.5. The number of anilines is 1. The third-order valence-electron chi connectivity index (χ3n) is 11.5. The van der Waals surface area contributed by atoms with Crippen LogP contribution in [0.25, 0.3) is 0 Å². The molecule has 4 aliphatic rings. The summed E-state index contributed by atoms with van der Waals surface area (Å²) in [5.41, 5.74) is 1.20. The topological polar surface area (TPSA) is 149 Å². The Morgan fingerprint density at radius 1 is 0.961 bits per heavy atom. The van der Waals surface area contributed by atoms with Gasteiger partial charge in [0, 0.05) is 34.5 Å². The van der Waals surface area contributed by atoms with Crippen LogP contribution in [0.15, 0.2) is 84.0 Å². The van der Waals surface area contributed by atoms with E-state index < -0.39 is 44.3 Å². The van der Waals surface area contributed by atoms with E-state index in [2.05, 4.69) is 15.1 Å². The van der Waals surface area contributed by atoms with E-state index >= 15 is 0 Å². The molecule has 4 saturated carbocycles. The number of nitrogens with zero attached hydrogens (tertiary/aromatic N) is 2. The summed E-state index contributed by atoms with van der Waals surface area (Å²) in [4.78, 5) is 27.8. The highest BCUT2D eigenvalue weighted by Crippen LogP contribution is 2.71. The van der Waals surface area contributed by atoms with Crippen molar-refractivity contribution >= 4 is 27.7 Å². The number of ether oxygens (including phenoxy) is 2. The number of hydrogen-bond donors (Lipinski definition) is 3. The molecule has 1 heterocycles. The fraction of sp³-hybridized carbons (Fsp3) is 0.410. The Bertz CT molecular complexity index is 2080. The first-order valence-corrected chi connectivity index (χ1v) is 18.8. The number of carbonyl (C=O) groups is 2. The molecule has 3 aromatic carbocycles. The normalized spacial score (nSPS) is 26.5. The molecule has 5 atom stereocenters. The molecule has 0 saturated heterocycles. The summed E-state index contributed by atoms with van der Waals surface area (Å²) < 4.78 is 42.8. The molecular weight excluding hydrogens is 669 g/mol. The summed E-state index contributed by atoms with van der Waals surface area (Å²) in [6.45, 7) is 5.95. The first-order valence-electron chi connectivity index (χ1n) is 17.3. The Morgan fingerprint density at radius 2 is 1.67 bits per heavy atom. The summed E-state index contributed by atoms with van der Waals surface area (Å²) in [6, 6.07) is 19.0. The molecule has 4 aliphatic carbocycles. The van der Waals surface area contributed by atoms with Gasteiger partial charge in [-0.1, -0.05) is 43.7 Å². The predicted octanol–water partition coefficient (Wildman–Crippen LogP) is 6.61. The number of aryl methyl sites for hydroxylation is 1. The van der Waals surface area contributed by atoms with E-state index in [1.165, 1.54) is 10.9 Å². The maximum absolute atomic E-state index is 13.9. The van der Waals surface area contributed by atoms with Gasteiger partial charge >= 0.3 is 12.0 Å². The van der Waals surface area contributed by atoms with Crippen molar-refractivity contribution in [1.82, 2.24) is 15.1 Å². The van der Waals surface area contributed by atoms with E-state index in [-0.39, 0.29) is 16.7 Å². The van der Waals surface area contributed by atoms with Gasteiger partial charge in [0.2, 0.25) is 0 Å². The van der Waals surface area contributed by atoms with Crippen LogP contribution in [-0.2, 0) is 25.6 Å². The molecule has 4 fully saturated rings. The summed E-state index contributed by atoms with van der Waals surface area (Å²) in [5.74, 6) is -0.722. The van der Waals surface area contributed by atoms with Gasteiger partial charge < -0.3 is 19.9 Å². The number of hydrogen-bond acceptors (Lipinski definition) is 7. The number of methoxy groups -OCH3 is 2. The van der Waals surface area contributed by atoms with Gasteiger partial charge in [0.25, 0.3) is 10.0 Å². The number of carbonyl (C=O) groups excluding carboxylic acids is 1. The zero-order valence-corrected chi connectivity index (χ0v) is 30.3. The molecule has 0 spiro atoms. The van der Waals surface area contributed by atoms with Crippen molar-refractivity contribution < 1.29 is 32.6 Å². The monoisotopic (exact) mass is 712 g/mol. The Labute approximate surface area is 298 Å². The number of amides is 1. The lowest BCUT2D eigenvalue weighted by atomic mass is 9.35. The molecule has 8 rings (SSSR count). The maximum Gasteiger partial charge on any atom is 0.342 e. The van der Waals surface area contributed by atoms with E-state index in [0.717, 1.165) is 28.7 Å². The molecule has 1 amide bonds. The minimum absolute atomic E-state index is 0.0513. The average Bonchev–Trinajstić information content (AvgIpc) is 3.63. The molecule has 0 aliphatic heterocycles. The van der Waals surface area contributed by atoms with E-state index in [4.69, 9.17) is 9.47 Å². The molecule has 1 aromatic heterocycles. The van der Waals surface area contributed by atoms with Gasteiger partial charge in [-0.3, -0.25) is 9.52 Å². The van der Waals surface area contributed by atoms with Crippen molar-refractivity contribution in [3.63, 3.8) is 0 Å². The second-order valence-corrected chi connectivity index (χ2v) is 16.7. The van der Waals surface area contributed by atoms with Crippen LogP contribution in [0.3, 0.4) is 0 Å². The molecule has 12 heteroatoms. The van der Waals surface area contributed by atoms with Crippen LogP contribution in [0.1, 0.15) is 74.1 Å². The molecule has 0 radical (unpaired) electrons. The van der Waals surface area contributed by atoms with Gasteiger partial charge in [0.15, 0.2) is 0 Å². The predicted molar refractivity (Wildman–Crippen MR) is 192 cm³/mol. The van der Waals surface area contributed by atoms with Crippen LogP contribution in [0.5, 0.6) is 11.5 Å². The average molecular weight is 713 g/mol. The van der Waals surface area contributed by atoms with Crippen molar-refractivity contribution in [3.8, 4) is 11.5 Å². The van der Waals surface area contributed by atoms with Crippen molar-refractivity contribution in [2.75, 3.05) is 18.9 Å². The molecular formula is C39H44N4O7S. The lowest BCUT2D eigenvalue weighted by Gasteiger charge is -2.69. The van der Waals surface area contributed by atoms with Crippen LogP contribution in [-0.4, -0.2) is 55.1 Å². The third-order valence-corrected chi connectivity index (χ3v) is 12.9. The fourth-order valence-electron chi connectivity index (χ4n) is 10.1. The first kappa shape index (κ1) is 34.6. The SMILES string of the molecule is COc1cccc(OC)c1C12CC3CC(NC(=O)n4cccn4)(C1)C(C(=O)O)C(c1ccc(NS(=O)(=O)c4ccc(C)cc4)cc1C(C)C)(C3)C2. The summed E-state index contributed by atoms with van der Waals surface area (Å²) in [7, 11) is -0.644. The highest BCUT2D eigenvalue weighted by molar-refractivity contribution is 7.92. The number of benzene rings is 3. The summed E-state index contributed by atoms with van der Waals surface area (Å²) >= 11 is 0. The molecule has 11 nitrogen and oxygen atoms in total. The van der Waals surface area contributed by atoms with Gasteiger partial charge in [-0.05, 0) is 104 Å². The van der Waals surface area contributed by atoms with Crippen LogP contribution < -0.4 is 19.5 Å². The van der Waals surface area contributed by atoms with E-state index in [1.54, 1.807) is 56.8 Å². The minimum Gasteiger partial charge on any atom is -0.496 e. The fourth-order valence-corrected chi connectivity index (χ4v) is 11.2. The van der Waals surface area contributed by atoms with Crippen LogP contribution in [0.2, 0.25) is 0 Å². The van der Waals surface area contributed by atoms with Crippen molar-refractivity contribution in [2.45, 2.75) is 80.1 Å². The van der Waals surface area contributed by atoms with Gasteiger partial charge in [0.05, 0.1) is 30.6 Å². The summed E-state index contributed by atoms with van der Waals surface area (Å²) in [5, 5.41) is 18.7. The Morgan fingerprint density at radius 3 is 2.27 bits per heavy atom. The van der Waals surface area contributed by atoms with Crippen molar-refractivity contribution in [2.24, 2.45) is 11.8 Å².